The van der Waals surface area contributed by atoms with Crippen LogP contribution < -0.4 is 4.90 Å². The molecule has 17 heavy (non-hydrogen) atoms. The van der Waals surface area contributed by atoms with Crippen molar-refractivity contribution < 1.29 is 4.79 Å². The van der Waals surface area contributed by atoms with E-state index in [1.807, 2.05) is 13.0 Å². The van der Waals surface area contributed by atoms with Crippen LogP contribution in [0.15, 0.2) is 18.2 Å². The van der Waals surface area contributed by atoms with Crippen molar-refractivity contribution in [3.05, 3.63) is 29.3 Å². The van der Waals surface area contributed by atoms with Crippen LogP contribution in [0.2, 0.25) is 0 Å². The predicted molar refractivity (Wildman–Crippen MR) is 71.8 cm³/mol. The van der Waals surface area contributed by atoms with E-state index in [4.69, 9.17) is 0 Å². The molecule has 0 aliphatic heterocycles. The van der Waals surface area contributed by atoms with Gasteiger partial charge in [0.25, 0.3) is 0 Å². The van der Waals surface area contributed by atoms with Gasteiger partial charge in [0.15, 0.2) is 0 Å². The number of hydrogen-bond donors (Lipinski definition) is 0. The number of anilines is 1. The highest BCUT2D eigenvalue weighted by atomic mass is 16.1. The highest BCUT2D eigenvalue weighted by molar-refractivity contribution is 5.78. The van der Waals surface area contributed by atoms with E-state index in [2.05, 4.69) is 24.0 Å². The van der Waals surface area contributed by atoms with Crippen LogP contribution in [0.5, 0.6) is 0 Å². The maximum Gasteiger partial charge on any atom is 0.150 e. The largest absolute Gasteiger partial charge is 0.371 e. The summed E-state index contributed by atoms with van der Waals surface area (Å²) in [7, 11) is 0. The van der Waals surface area contributed by atoms with Gasteiger partial charge in [-0.2, -0.15) is 0 Å². The van der Waals surface area contributed by atoms with Crippen molar-refractivity contribution in [2.75, 3.05) is 18.0 Å². The summed E-state index contributed by atoms with van der Waals surface area (Å²) in [5.74, 6) is 0.896. The van der Waals surface area contributed by atoms with Crippen LogP contribution in [0.4, 0.5) is 5.69 Å². The molecule has 0 heterocycles. The third-order valence-electron chi connectivity index (χ3n) is 3.41. The highest BCUT2D eigenvalue weighted by Gasteiger charge is 2.24. The molecule has 0 saturated heterocycles. The van der Waals surface area contributed by atoms with Crippen LogP contribution in [0.3, 0.4) is 0 Å². The van der Waals surface area contributed by atoms with Crippen LogP contribution in [0.1, 0.15) is 42.1 Å². The third-order valence-corrected chi connectivity index (χ3v) is 3.41. The first-order chi connectivity index (χ1) is 8.24. The van der Waals surface area contributed by atoms with Gasteiger partial charge in [-0.05, 0) is 55.9 Å². The summed E-state index contributed by atoms with van der Waals surface area (Å²) in [5, 5.41) is 0. The van der Waals surface area contributed by atoms with Crippen molar-refractivity contribution in [3.8, 4) is 0 Å². The average molecular weight is 231 g/mol. The van der Waals surface area contributed by atoms with E-state index in [-0.39, 0.29) is 0 Å². The predicted octanol–water partition coefficient (Wildman–Crippen LogP) is 3.43. The number of aldehydes is 1. The summed E-state index contributed by atoms with van der Waals surface area (Å²) in [6.45, 7) is 6.51. The smallest absolute Gasteiger partial charge is 0.150 e. The number of carbonyl (C=O) groups excluding carboxylic acids is 1. The Bertz CT molecular complexity index is 396. The molecular formula is C15H21NO. The SMILES string of the molecule is CCCN(CC1CC1)c1ccc(C=O)c(C)c1. The number of nitrogens with zero attached hydrogens (tertiary/aromatic N) is 1. The second-order valence-corrected chi connectivity index (χ2v) is 5.05. The van der Waals surface area contributed by atoms with Crippen molar-refractivity contribution in [3.63, 3.8) is 0 Å². The average Bonchev–Trinajstić information content (AvgIpc) is 3.12. The normalized spacial score (nSPS) is 14.7. The second kappa shape index (κ2) is 5.35. The van der Waals surface area contributed by atoms with Gasteiger partial charge in [-0.15, -0.1) is 0 Å². The summed E-state index contributed by atoms with van der Waals surface area (Å²) < 4.78 is 0. The number of benzene rings is 1. The van der Waals surface area contributed by atoms with Crippen LogP contribution in [-0.4, -0.2) is 19.4 Å². The molecule has 2 rings (SSSR count). The Labute approximate surface area is 104 Å². The first-order valence-electron chi connectivity index (χ1n) is 6.55. The van der Waals surface area contributed by atoms with Crippen molar-refractivity contribution in [1.82, 2.24) is 0 Å². The number of aryl methyl sites for hydroxylation is 1. The minimum atomic E-state index is 0.802. The van der Waals surface area contributed by atoms with Gasteiger partial charge in [-0.1, -0.05) is 6.92 Å². The van der Waals surface area contributed by atoms with Gasteiger partial charge < -0.3 is 4.90 Å². The molecule has 2 heteroatoms. The van der Waals surface area contributed by atoms with Crippen molar-refractivity contribution >= 4 is 12.0 Å². The maximum atomic E-state index is 10.8. The Balaban J connectivity index is 2.15. The maximum absolute atomic E-state index is 10.8. The van der Waals surface area contributed by atoms with Gasteiger partial charge in [0.05, 0.1) is 0 Å². The van der Waals surface area contributed by atoms with Crippen molar-refractivity contribution in [2.24, 2.45) is 5.92 Å². The quantitative estimate of drug-likeness (QED) is 0.699. The minimum absolute atomic E-state index is 0.802. The van der Waals surface area contributed by atoms with Gasteiger partial charge in [-0.3, -0.25) is 4.79 Å². The van der Waals surface area contributed by atoms with E-state index >= 15 is 0 Å². The summed E-state index contributed by atoms with van der Waals surface area (Å²) >= 11 is 0. The van der Waals surface area contributed by atoms with E-state index < -0.39 is 0 Å². The molecule has 0 spiro atoms. The lowest BCUT2D eigenvalue weighted by Gasteiger charge is -2.25. The first-order valence-corrected chi connectivity index (χ1v) is 6.55. The molecule has 2 nitrogen and oxygen atoms in total. The van der Waals surface area contributed by atoms with Crippen molar-refractivity contribution in [1.29, 1.82) is 0 Å². The molecule has 1 fully saturated rings. The molecule has 92 valence electrons. The Morgan fingerprint density at radius 1 is 1.41 bits per heavy atom. The van der Waals surface area contributed by atoms with E-state index in [0.29, 0.717) is 0 Å². The molecule has 1 aliphatic carbocycles. The molecule has 0 radical (unpaired) electrons. The van der Waals surface area contributed by atoms with Crippen LogP contribution in [0, 0.1) is 12.8 Å². The fraction of sp³-hybridized carbons (Fsp3) is 0.533. The monoisotopic (exact) mass is 231 g/mol. The van der Waals surface area contributed by atoms with Crippen molar-refractivity contribution in [2.45, 2.75) is 33.1 Å². The number of rotatable bonds is 6. The fourth-order valence-corrected chi connectivity index (χ4v) is 2.20. The molecule has 0 amide bonds. The summed E-state index contributed by atoms with van der Waals surface area (Å²) in [4.78, 5) is 13.3. The van der Waals surface area contributed by atoms with Gasteiger partial charge in [0.2, 0.25) is 0 Å². The zero-order valence-corrected chi connectivity index (χ0v) is 10.8. The summed E-state index contributed by atoms with van der Waals surface area (Å²) in [5.41, 5.74) is 3.15. The van der Waals surface area contributed by atoms with Gasteiger partial charge in [-0.25, -0.2) is 0 Å². The topological polar surface area (TPSA) is 20.3 Å². The lowest BCUT2D eigenvalue weighted by atomic mass is 10.1. The van der Waals surface area contributed by atoms with Gasteiger partial charge in [0, 0.05) is 24.3 Å². The Morgan fingerprint density at radius 3 is 2.71 bits per heavy atom. The molecule has 0 unspecified atom stereocenters. The lowest BCUT2D eigenvalue weighted by Crippen LogP contribution is -2.26. The molecule has 0 atom stereocenters. The minimum Gasteiger partial charge on any atom is -0.371 e. The van der Waals surface area contributed by atoms with Gasteiger partial charge in [0.1, 0.15) is 6.29 Å². The lowest BCUT2D eigenvalue weighted by molar-refractivity contribution is 0.112. The second-order valence-electron chi connectivity index (χ2n) is 5.05. The Kier molecular flexibility index (Phi) is 3.82. The molecule has 1 aliphatic rings. The molecule has 0 N–H and O–H groups in total. The number of carbonyl (C=O) groups is 1. The molecular weight excluding hydrogens is 210 g/mol. The third kappa shape index (κ3) is 3.09. The molecule has 1 aromatic rings. The zero-order valence-electron chi connectivity index (χ0n) is 10.8. The van der Waals surface area contributed by atoms with E-state index in [1.54, 1.807) is 0 Å². The van der Waals surface area contributed by atoms with Crippen LogP contribution >= 0.6 is 0 Å². The summed E-state index contributed by atoms with van der Waals surface area (Å²) in [6.07, 6.45) is 4.86. The standard InChI is InChI=1S/C15H21NO/c1-3-8-16(10-13-4-5-13)15-7-6-14(11-17)12(2)9-15/h6-7,9,11,13H,3-5,8,10H2,1-2H3. The zero-order chi connectivity index (χ0) is 12.3. The first kappa shape index (κ1) is 12.2. The summed E-state index contributed by atoms with van der Waals surface area (Å²) in [6, 6.07) is 6.16. The van der Waals surface area contributed by atoms with E-state index in [0.717, 1.165) is 29.9 Å². The van der Waals surface area contributed by atoms with Gasteiger partial charge >= 0.3 is 0 Å². The highest BCUT2D eigenvalue weighted by Crippen LogP contribution is 2.31. The molecule has 0 bridgehead atoms. The Morgan fingerprint density at radius 2 is 2.18 bits per heavy atom. The Hall–Kier alpha value is -1.31. The molecule has 0 aromatic heterocycles. The molecule has 1 saturated carbocycles. The number of hydrogen-bond acceptors (Lipinski definition) is 2. The van der Waals surface area contributed by atoms with Crippen LogP contribution in [-0.2, 0) is 0 Å². The van der Waals surface area contributed by atoms with E-state index in [9.17, 15) is 4.79 Å². The molecule has 1 aromatic carbocycles. The fourth-order valence-electron chi connectivity index (χ4n) is 2.20. The van der Waals surface area contributed by atoms with E-state index in [1.165, 1.54) is 31.5 Å². The van der Waals surface area contributed by atoms with Crippen LogP contribution in [0.25, 0.3) is 0 Å².